The molecule has 3 nitrogen and oxygen atoms in total. The van der Waals surface area contributed by atoms with Crippen LogP contribution >= 0.6 is 34.7 Å². The average molecular weight is 435 g/mol. The van der Waals surface area contributed by atoms with E-state index in [4.69, 9.17) is 16.6 Å². The van der Waals surface area contributed by atoms with Crippen molar-refractivity contribution in [1.82, 2.24) is 9.97 Å². The fraction of sp³-hybridized carbons (Fsp3) is 0.0435. The van der Waals surface area contributed by atoms with Gasteiger partial charge in [-0.1, -0.05) is 71.9 Å². The van der Waals surface area contributed by atoms with E-state index < -0.39 is 0 Å². The van der Waals surface area contributed by atoms with Gasteiger partial charge in [-0.2, -0.15) is 0 Å². The fourth-order valence-corrected chi connectivity index (χ4v) is 5.82. The number of nitrogens with one attached hydrogen (secondary N) is 1. The maximum atomic E-state index is 13.6. The molecule has 6 heteroatoms. The van der Waals surface area contributed by atoms with Gasteiger partial charge in [0, 0.05) is 27.7 Å². The molecular formula is C23H15ClN2OS2. The standard InChI is InChI=1S/C23H15ClN2OS2/c24-15-10-11-20-19(12-15)26-23(28-20)29-22(14-6-2-1-3-7-14)21(27)17-13-25-18-9-5-4-8-16(17)18/h1-13,22,25H. The predicted molar refractivity (Wildman–Crippen MR) is 122 cm³/mol. The molecule has 0 bridgehead atoms. The van der Waals surface area contributed by atoms with E-state index in [1.165, 1.54) is 11.8 Å². The minimum atomic E-state index is -0.383. The molecule has 2 heterocycles. The van der Waals surface area contributed by atoms with E-state index in [2.05, 4.69) is 4.98 Å². The molecule has 0 aliphatic carbocycles. The number of Topliss-reactive ketones (excluding diaryl/α,β-unsaturated/α-hetero) is 1. The van der Waals surface area contributed by atoms with E-state index in [0.717, 1.165) is 31.0 Å². The van der Waals surface area contributed by atoms with E-state index in [1.54, 1.807) is 11.3 Å². The number of thioether (sulfide) groups is 1. The maximum absolute atomic E-state index is 13.6. The van der Waals surface area contributed by atoms with E-state index >= 15 is 0 Å². The van der Waals surface area contributed by atoms with Crippen molar-refractivity contribution in [3.05, 3.63) is 95.1 Å². The summed E-state index contributed by atoms with van der Waals surface area (Å²) >= 11 is 9.17. The number of rotatable bonds is 5. The number of halogens is 1. The van der Waals surface area contributed by atoms with Crippen molar-refractivity contribution in [2.45, 2.75) is 9.59 Å². The van der Waals surface area contributed by atoms with E-state index in [9.17, 15) is 4.79 Å². The summed E-state index contributed by atoms with van der Waals surface area (Å²) in [7, 11) is 0. The Hall–Kier alpha value is -2.60. The minimum absolute atomic E-state index is 0.0657. The SMILES string of the molecule is O=C(c1c[nH]c2ccccc12)C(Sc1nc2cc(Cl)ccc2s1)c1ccccc1. The van der Waals surface area contributed by atoms with Crippen LogP contribution in [0.15, 0.2) is 83.3 Å². The quantitative estimate of drug-likeness (QED) is 0.236. The molecule has 2 aromatic heterocycles. The van der Waals surface area contributed by atoms with E-state index in [-0.39, 0.29) is 11.0 Å². The van der Waals surface area contributed by atoms with Gasteiger partial charge in [0.25, 0.3) is 0 Å². The van der Waals surface area contributed by atoms with Crippen molar-refractivity contribution in [3.63, 3.8) is 0 Å². The van der Waals surface area contributed by atoms with Gasteiger partial charge in [-0.3, -0.25) is 4.79 Å². The van der Waals surface area contributed by atoms with Crippen molar-refractivity contribution in [1.29, 1.82) is 0 Å². The normalized spacial score (nSPS) is 12.4. The Morgan fingerprint density at radius 3 is 2.69 bits per heavy atom. The summed E-state index contributed by atoms with van der Waals surface area (Å²) < 4.78 is 1.91. The highest BCUT2D eigenvalue weighted by Crippen LogP contribution is 2.42. The molecule has 3 aromatic carbocycles. The Labute approximate surface area is 180 Å². The highest BCUT2D eigenvalue weighted by atomic mass is 35.5. The first kappa shape index (κ1) is 18.4. The molecule has 29 heavy (non-hydrogen) atoms. The van der Waals surface area contributed by atoms with Crippen molar-refractivity contribution in [3.8, 4) is 0 Å². The molecule has 1 unspecified atom stereocenters. The average Bonchev–Trinajstić information content (AvgIpc) is 3.35. The largest absolute Gasteiger partial charge is 0.360 e. The molecule has 0 saturated carbocycles. The Bertz CT molecular complexity index is 1330. The fourth-order valence-electron chi connectivity index (χ4n) is 3.35. The highest BCUT2D eigenvalue weighted by molar-refractivity contribution is 8.02. The molecule has 1 N–H and O–H groups in total. The molecule has 0 amide bonds. The van der Waals surface area contributed by atoms with Crippen LogP contribution in [0.5, 0.6) is 0 Å². The number of H-pyrrole nitrogens is 1. The third kappa shape index (κ3) is 3.57. The van der Waals surface area contributed by atoms with Gasteiger partial charge in [0.1, 0.15) is 5.25 Å². The maximum Gasteiger partial charge on any atom is 0.182 e. The monoisotopic (exact) mass is 434 g/mol. The number of ketones is 1. The number of thiazole rings is 1. The van der Waals surface area contributed by atoms with Crippen molar-refractivity contribution in [2.24, 2.45) is 0 Å². The van der Waals surface area contributed by atoms with Gasteiger partial charge in [-0.25, -0.2) is 4.98 Å². The first-order valence-electron chi connectivity index (χ1n) is 9.07. The number of benzene rings is 3. The molecule has 0 aliphatic rings. The molecule has 142 valence electrons. The Kier molecular flexibility index (Phi) is 4.87. The van der Waals surface area contributed by atoms with Gasteiger partial charge in [0.05, 0.1) is 10.2 Å². The zero-order valence-corrected chi connectivity index (χ0v) is 17.5. The summed E-state index contributed by atoms with van der Waals surface area (Å²) in [5, 5.41) is 1.22. The number of hydrogen-bond acceptors (Lipinski definition) is 4. The Morgan fingerprint density at radius 1 is 1.03 bits per heavy atom. The van der Waals surface area contributed by atoms with Gasteiger partial charge in [0.15, 0.2) is 10.1 Å². The highest BCUT2D eigenvalue weighted by Gasteiger charge is 2.26. The summed E-state index contributed by atoms with van der Waals surface area (Å²) in [4.78, 5) is 21.5. The zero-order valence-electron chi connectivity index (χ0n) is 15.1. The first-order valence-corrected chi connectivity index (χ1v) is 11.1. The van der Waals surface area contributed by atoms with Crippen LogP contribution in [0.1, 0.15) is 21.2 Å². The lowest BCUT2D eigenvalue weighted by Crippen LogP contribution is -2.09. The number of nitrogens with zero attached hydrogens (tertiary/aromatic N) is 1. The smallest absolute Gasteiger partial charge is 0.182 e. The number of carbonyl (C=O) groups excluding carboxylic acids is 1. The molecular weight excluding hydrogens is 420 g/mol. The number of aromatic amines is 1. The molecule has 0 spiro atoms. The summed E-state index contributed by atoms with van der Waals surface area (Å²) in [5.41, 5.74) is 3.48. The number of para-hydroxylation sites is 1. The molecule has 5 aromatic rings. The van der Waals surface area contributed by atoms with Gasteiger partial charge >= 0.3 is 0 Å². The van der Waals surface area contributed by atoms with Crippen LogP contribution in [0.25, 0.3) is 21.1 Å². The topological polar surface area (TPSA) is 45.8 Å². The second kappa shape index (κ2) is 7.67. The van der Waals surface area contributed by atoms with Crippen molar-refractivity contribution in [2.75, 3.05) is 0 Å². The second-order valence-corrected chi connectivity index (χ2v) is 9.43. The number of hydrogen-bond donors (Lipinski definition) is 1. The van der Waals surface area contributed by atoms with Crippen LogP contribution in [-0.4, -0.2) is 15.8 Å². The van der Waals surface area contributed by atoms with Crippen LogP contribution in [0.4, 0.5) is 0 Å². The van der Waals surface area contributed by atoms with Gasteiger partial charge in [-0.15, -0.1) is 11.3 Å². The predicted octanol–water partition coefficient (Wildman–Crippen LogP) is 7.15. The lowest BCUT2D eigenvalue weighted by molar-refractivity contribution is 0.0991. The molecule has 5 rings (SSSR count). The summed E-state index contributed by atoms with van der Waals surface area (Å²) in [6, 6.07) is 23.4. The van der Waals surface area contributed by atoms with Crippen LogP contribution in [0.2, 0.25) is 5.02 Å². The Morgan fingerprint density at radius 2 is 1.83 bits per heavy atom. The number of carbonyl (C=O) groups is 1. The summed E-state index contributed by atoms with van der Waals surface area (Å²) in [6.45, 7) is 0. The minimum Gasteiger partial charge on any atom is -0.360 e. The van der Waals surface area contributed by atoms with Crippen LogP contribution in [0.3, 0.4) is 0 Å². The lowest BCUT2D eigenvalue weighted by atomic mass is 10.0. The molecule has 0 radical (unpaired) electrons. The van der Waals surface area contributed by atoms with Crippen molar-refractivity contribution >= 4 is 61.6 Å². The summed E-state index contributed by atoms with van der Waals surface area (Å²) in [6.07, 6.45) is 1.81. The molecule has 0 fully saturated rings. The second-order valence-electron chi connectivity index (χ2n) is 6.61. The van der Waals surface area contributed by atoms with Crippen LogP contribution in [-0.2, 0) is 0 Å². The molecule has 0 aliphatic heterocycles. The molecule has 0 saturated heterocycles. The zero-order chi connectivity index (χ0) is 19.8. The Balaban J connectivity index is 1.56. The van der Waals surface area contributed by atoms with Gasteiger partial charge in [-0.05, 0) is 29.8 Å². The van der Waals surface area contributed by atoms with Crippen LogP contribution in [0, 0.1) is 0 Å². The third-order valence-corrected chi connectivity index (χ3v) is 7.36. The van der Waals surface area contributed by atoms with Gasteiger partial charge in [0.2, 0.25) is 0 Å². The molecule has 1 atom stereocenters. The third-order valence-electron chi connectivity index (χ3n) is 4.74. The van der Waals surface area contributed by atoms with E-state index in [0.29, 0.717) is 10.6 Å². The van der Waals surface area contributed by atoms with Crippen molar-refractivity contribution < 1.29 is 4.79 Å². The number of aromatic nitrogens is 2. The first-order chi connectivity index (χ1) is 14.2. The lowest BCUT2D eigenvalue weighted by Gasteiger charge is -2.14. The van der Waals surface area contributed by atoms with Gasteiger partial charge < -0.3 is 4.98 Å². The summed E-state index contributed by atoms with van der Waals surface area (Å²) in [5.74, 6) is 0.0657. The van der Waals surface area contributed by atoms with Crippen LogP contribution < -0.4 is 0 Å². The van der Waals surface area contributed by atoms with E-state index in [1.807, 2.05) is 79.0 Å². The number of fused-ring (bicyclic) bond motifs is 2.